The fourth-order valence-corrected chi connectivity index (χ4v) is 4.69. The van der Waals surface area contributed by atoms with Gasteiger partial charge in [0.2, 0.25) is 0 Å². The van der Waals surface area contributed by atoms with Gasteiger partial charge >= 0.3 is 6.09 Å². The fourth-order valence-electron chi connectivity index (χ4n) is 3.47. The zero-order valence-electron chi connectivity index (χ0n) is 17.3. The number of anilines is 1. The maximum absolute atomic E-state index is 12.7. The number of carbonyl (C=O) groups is 2. The lowest BCUT2D eigenvalue weighted by Crippen LogP contribution is -2.34. The molecular weight excluding hydrogens is 485 g/mol. The lowest BCUT2D eigenvalue weighted by molar-refractivity contribution is 0.0920. The van der Waals surface area contributed by atoms with Crippen LogP contribution in [0.15, 0.2) is 66.1 Å². The minimum absolute atomic E-state index is 0.161. The van der Waals surface area contributed by atoms with Gasteiger partial charge in [-0.05, 0) is 42.8 Å². The van der Waals surface area contributed by atoms with Gasteiger partial charge in [0.25, 0.3) is 11.5 Å². The molecule has 0 spiro atoms. The van der Waals surface area contributed by atoms with Crippen LogP contribution in [0, 0.1) is 0 Å². The molecule has 1 atom stereocenters. The average molecular weight is 504 g/mol. The largest absolute Gasteiger partial charge is 0.442 e. The standard InChI is InChI=1S/C23H19Cl2N3O4S/c1-2-4-14-5-3-10-27(22(14)30)18-7-6-15(11-17(18)24)28-13-16(32-23(28)31)12-26-21(29)19-8-9-20(25)33-19/h2-3,5-11,16H,1,4,12-13H2,(H,26,29)/t16-/m0/s1. The fraction of sp³-hybridized carbons (Fsp3) is 0.174. The van der Waals surface area contributed by atoms with Gasteiger partial charge in [0, 0.05) is 17.4 Å². The Morgan fingerprint density at radius 2 is 2.06 bits per heavy atom. The van der Waals surface area contributed by atoms with E-state index in [0.717, 1.165) is 0 Å². The smallest absolute Gasteiger partial charge is 0.414 e. The number of rotatable bonds is 7. The second-order valence-electron chi connectivity index (χ2n) is 7.27. The van der Waals surface area contributed by atoms with E-state index in [-0.39, 0.29) is 24.6 Å². The van der Waals surface area contributed by atoms with Crippen LogP contribution in [-0.4, -0.2) is 35.8 Å². The first-order valence-electron chi connectivity index (χ1n) is 10.0. The molecule has 1 saturated heterocycles. The van der Waals surface area contributed by atoms with Crippen LogP contribution >= 0.6 is 34.5 Å². The molecule has 0 unspecified atom stereocenters. The SMILES string of the molecule is C=CCc1cccn(-c2ccc(N3C[C@H](CNC(=O)c4ccc(Cl)s4)OC3=O)cc2Cl)c1=O. The highest BCUT2D eigenvalue weighted by Gasteiger charge is 2.33. The van der Waals surface area contributed by atoms with E-state index < -0.39 is 12.2 Å². The maximum Gasteiger partial charge on any atom is 0.414 e. The Balaban J connectivity index is 1.46. The number of pyridine rings is 1. The van der Waals surface area contributed by atoms with E-state index in [1.807, 2.05) is 0 Å². The molecule has 0 radical (unpaired) electrons. The Labute approximate surface area is 203 Å². The van der Waals surface area contributed by atoms with Crippen molar-refractivity contribution in [2.45, 2.75) is 12.5 Å². The number of hydrogen-bond donors (Lipinski definition) is 1. The summed E-state index contributed by atoms with van der Waals surface area (Å²) in [5.74, 6) is -0.280. The second kappa shape index (κ2) is 9.82. The molecule has 1 fully saturated rings. The van der Waals surface area contributed by atoms with E-state index in [2.05, 4.69) is 11.9 Å². The highest BCUT2D eigenvalue weighted by Crippen LogP contribution is 2.29. The quantitative estimate of drug-likeness (QED) is 0.474. The number of halogens is 2. The number of ether oxygens (including phenoxy) is 1. The summed E-state index contributed by atoms with van der Waals surface area (Å²) < 4.78 is 7.36. The van der Waals surface area contributed by atoms with Crippen molar-refractivity contribution in [2.24, 2.45) is 0 Å². The first-order valence-corrected chi connectivity index (χ1v) is 11.6. The van der Waals surface area contributed by atoms with Crippen molar-refractivity contribution in [3.63, 3.8) is 0 Å². The van der Waals surface area contributed by atoms with Gasteiger partial charge in [-0.15, -0.1) is 17.9 Å². The Kier molecular flexibility index (Phi) is 6.88. The molecule has 1 aliphatic heterocycles. The molecule has 1 aliphatic rings. The third-order valence-corrected chi connectivity index (χ3v) is 6.59. The Morgan fingerprint density at radius 3 is 2.76 bits per heavy atom. The molecule has 1 aromatic carbocycles. The van der Waals surface area contributed by atoms with Crippen molar-refractivity contribution in [1.82, 2.24) is 9.88 Å². The summed E-state index contributed by atoms with van der Waals surface area (Å²) in [6.07, 6.45) is 2.70. The molecule has 1 N–H and O–H groups in total. The van der Waals surface area contributed by atoms with E-state index in [0.29, 0.717) is 37.6 Å². The molecule has 10 heteroatoms. The Hall–Kier alpha value is -3.07. The van der Waals surface area contributed by atoms with Crippen LogP contribution in [0.4, 0.5) is 10.5 Å². The summed E-state index contributed by atoms with van der Waals surface area (Å²) in [5.41, 5.74) is 1.45. The van der Waals surface area contributed by atoms with Crippen molar-refractivity contribution in [3.05, 3.63) is 91.5 Å². The molecule has 3 heterocycles. The number of hydrogen-bond acceptors (Lipinski definition) is 5. The summed E-state index contributed by atoms with van der Waals surface area (Å²) >= 11 is 13.5. The number of cyclic esters (lactones) is 1. The highest BCUT2D eigenvalue weighted by molar-refractivity contribution is 7.18. The van der Waals surface area contributed by atoms with Crippen LogP contribution < -0.4 is 15.8 Å². The molecule has 4 rings (SSSR count). The van der Waals surface area contributed by atoms with Crippen LogP contribution in [0.25, 0.3) is 5.69 Å². The average Bonchev–Trinajstić information content (AvgIpc) is 3.39. The van der Waals surface area contributed by atoms with Crippen molar-refractivity contribution in [2.75, 3.05) is 18.0 Å². The van der Waals surface area contributed by atoms with Crippen LogP contribution in [0.3, 0.4) is 0 Å². The number of allylic oxidation sites excluding steroid dienone is 1. The molecular formula is C23H19Cl2N3O4S. The molecule has 170 valence electrons. The number of nitrogens with zero attached hydrogens (tertiary/aromatic N) is 2. The summed E-state index contributed by atoms with van der Waals surface area (Å²) in [6.45, 7) is 4.08. The first-order chi connectivity index (χ1) is 15.9. The van der Waals surface area contributed by atoms with E-state index >= 15 is 0 Å². The van der Waals surface area contributed by atoms with Gasteiger partial charge in [0.15, 0.2) is 0 Å². The summed E-state index contributed by atoms with van der Waals surface area (Å²) in [7, 11) is 0. The molecule has 3 aromatic rings. The van der Waals surface area contributed by atoms with Gasteiger partial charge in [-0.25, -0.2) is 4.79 Å². The summed E-state index contributed by atoms with van der Waals surface area (Å²) in [4.78, 5) is 39.2. The van der Waals surface area contributed by atoms with E-state index in [4.69, 9.17) is 27.9 Å². The van der Waals surface area contributed by atoms with Crippen molar-refractivity contribution >= 4 is 52.2 Å². The molecule has 0 aliphatic carbocycles. The van der Waals surface area contributed by atoms with Gasteiger partial charge in [0.1, 0.15) is 6.10 Å². The number of carbonyl (C=O) groups excluding carboxylic acids is 2. The summed E-state index contributed by atoms with van der Waals surface area (Å²) in [6, 6.07) is 11.8. The van der Waals surface area contributed by atoms with Gasteiger partial charge in [0.05, 0.1) is 33.0 Å². The molecule has 7 nitrogen and oxygen atoms in total. The van der Waals surface area contributed by atoms with E-state index in [1.165, 1.54) is 20.8 Å². The Morgan fingerprint density at radius 1 is 1.24 bits per heavy atom. The topological polar surface area (TPSA) is 80.6 Å². The zero-order valence-corrected chi connectivity index (χ0v) is 19.6. The lowest BCUT2D eigenvalue weighted by Gasteiger charge is -2.16. The predicted molar refractivity (Wildman–Crippen MR) is 130 cm³/mol. The Bertz CT molecular complexity index is 1290. The van der Waals surface area contributed by atoms with Gasteiger partial charge in [-0.3, -0.25) is 19.1 Å². The van der Waals surface area contributed by atoms with E-state index in [9.17, 15) is 14.4 Å². The third-order valence-electron chi connectivity index (χ3n) is 5.05. The van der Waals surface area contributed by atoms with Gasteiger partial charge < -0.3 is 10.1 Å². The number of amides is 2. The van der Waals surface area contributed by atoms with Gasteiger partial charge in [-0.2, -0.15) is 0 Å². The molecule has 2 aromatic heterocycles. The van der Waals surface area contributed by atoms with Gasteiger partial charge in [-0.1, -0.05) is 35.3 Å². The lowest BCUT2D eigenvalue weighted by atomic mass is 10.2. The number of thiophene rings is 1. The molecule has 33 heavy (non-hydrogen) atoms. The monoisotopic (exact) mass is 503 g/mol. The number of benzene rings is 1. The van der Waals surface area contributed by atoms with Crippen molar-refractivity contribution < 1.29 is 14.3 Å². The highest BCUT2D eigenvalue weighted by atomic mass is 35.5. The molecule has 0 bridgehead atoms. The van der Waals surface area contributed by atoms with Crippen LogP contribution in [0.5, 0.6) is 0 Å². The predicted octanol–water partition coefficient (Wildman–Crippen LogP) is 4.69. The van der Waals surface area contributed by atoms with E-state index in [1.54, 1.807) is 54.7 Å². The van der Waals surface area contributed by atoms with Crippen molar-refractivity contribution in [3.8, 4) is 5.69 Å². The van der Waals surface area contributed by atoms with Crippen LogP contribution in [-0.2, 0) is 11.2 Å². The third kappa shape index (κ3) is 4.98. The number of nitrogens with one attached hydrogen (secondary N) is 1. The minimum atomic E-state index is -0.539. The maximum atomic E-state index is 12.7. The zero-order chi connectivity index (χ0) is 23.5. The van der Waals surface area contributed by atoms with Crippen LogP contribution in [0.2, 0.25) is 9.36 Å². The second-order valence-corrected chi connectivity index (χ2v) is 9.39. The molecule has 2 amide bonds. The first kappa shape index (κ1) is 23.1. The molecule has 0 saturated carbocycles. The normalized spacial score (nSPS) is 15.4. The van der Waals surface area contributed by atoms with Crippen molar-refractivity contribution in [1.29, 1.82) is 0 Å². The number of aromatic nitrogens is 1. The minimum Gasteiger partial charge on any atom is -0.442 e. The summed E-state index contributed by atoms with van der Waals surface area (Å²) in [5, 5.41) is 3.06. The van der Waals surface area contributed by atoms with Crippen LogP contribution in [0.1, 0.15) is 15.2 Å².